The first-order valence-corrected chi connectivity index (χ1v) is 3.47. The average Bonchev–Trinajstić information content (AvgIpc) is 1.88. The summed E-state index contributed by atoms with van der Waals surface area (Å²) >= 11 is 0. The molecule has 0 amide bonds. The second kappa shape index (κ2) is 5.33. The molecule has 0 saturated carbocycles. The standard InChI is InChI=1S/C9H12O.K/c1-7(2)8-3-5-9(10)6-4-8;/h3-7,10H,1-2H3;/q;+1/p-1. The second-order valence-corrected chi connectivity index (χ2v) is 2.72. The van der Waals surface area contributed by atoms with Gasteiger partial charge in [-0.25, -0.2) is 0 Å². The van der Waals surface area contributed by atoms with E-state index in [4.69, 9.17) is 0 Å². The number of hydrogen-bond donors (Lipinski definition) is 0. The van der Waals surface area contributed by atoms with Crippen molar-refractivity contribution >= 4 is 0 Å². The van der Waals surface area contributed by atoms with E-state index in [1.54, 1.807) is 12.1 Å². The normalized spacial score (nSPS) is 9.36. The first-order chi connectivity index (χ1) is 4.70. The van der Waals surface area contributed by atoms with Gasteiger partial charge >= 0.3 is 51.4 Å². The Morgan fingerprint density at radius 3 is 1.91 bits per heavy atom. The van der Waals surface area contributed by atoms with Gasteiger partial charge in [-0.1, -0.05) is 38.1 Å². The molecule has 0 aliphatic heterocycles. The van der Waals surface area contributed by atoms with Crippen LogP contribution in [0, 0.1) is 0 Å². The van der Waals surface area contributed by atoms with Gasteiger partial charge in [-0.3, -0.25) is 0 Å². The SMILES string of the molecule is CC(C)c1ccc([O-])cc1.[K+]. The van der Waals surface area contributed by atoms with Gasteiger partial charge in [0.1, 0.15) is 0 Å². The molecule has 0 radical (unpaired) electrons. The maximum absolute atomic E-state index is 10.6. The molecule has 0 heterocycles. The van der Waals surface area contributed by atoms with Crippen LogP contribution in [0.1, 0.15) is 25.3 Å². The second-order valence-electron chi connectivity index (χ2n) is 2.72. The van der Waals surface area contributed by atoms with E-state index in [0.29, 0.717) is 5.92 Å². The van der Waals surface area contributed by atoms with Crippen LogP contribution < -0.4 is 56.5 Å². The molecule has 1 rings (SSSR count). The summed E-state index contributed by atoms with van der Waals surface area (Å²) < 4.78 is 0. The van der Waals surface area contributed by atoms with Gasteiger partial charge in [0.15, 0.2) is 0 Å². The van der Waals surface area contributed by atoms with E-state index in [1.165, 1.54) is 5.56 Å². The summed E-state index contributed by atoms with van der Waals surface area (Å²) in [6.07, 6.45) is 0. The van der Waals surface area contributed by atoms with Crippen molar-refractivity contribution in [3.63, 3.8) is 0 Å². The van der Waals surface area contributed by atoms with Crippen LogP contribution in [0.4, 0.5) is 0 Å². The zero-order chi connectivity index (χ0) is 7.56. The molecule has 0 atom stereocenters. The zero-order valence-electron chi connectivity index (χ0n) is 7.29. The third-order valence-corrected chi connectivity index (χ3v) is 1.55. The summed E-state index contributed by atoms with van der Waals surface area (Å²) in [6, 6.07) is 6.98. The molecule has 0 bridgehead atoms. The monoisotopic (exact) mass is 174 g/mol. The largest absolute Gasteiger partial charge is 1.00 e. The van der Waals surface area contributed by atoms with Crippen LogP contribution in [0.3, 0.4) is 0 Å². The van der Waals surface area contributed by atoms with E-state index < -0.39 is 0 Å². The molecule has 11 heavy (non-hydrogen) atoms. The molecule has 2 heteroatoms. The summed E-state index contributed by atoms with van der Waals surface area (Å²) in [5, 5.41) is 10.6. The minimum atomic E-state index is 0. The minimum absolute atomic E-state index is 0. The van der Waals surface area contributed by atoms with Gasteiger partial charge in [-0.2, -0.15) is 0 Å². The fraction of sp³-hybridized carbons (Fsp3) is 0.333. The molecule has 0 saturated heterocycles. The molecule has 0 aliphatic rings. The Labute approximate surface area is 110 Å². The van der Waals surface area contributed by atoms with E-state index in [9.17, 15) is 5.11 Å². The van der Waals surface area contributed by atoms with Crippen molar-refractivity contribution in [1.82, 2.24) is 0 Å². The fourth-order valence-electron chi connectivity index (χ4n) is 0.853. The van der Waals surface area contributed by atoms with Gasteiger partial charge in [0.25, 0.3) is 0 Å². The Kier molecular flexibility index (Phi) is 5.65. The van der Waals surface area contributed by atoms with E-state index in [1.807, 2.05) is 12.1 Å². The summed E-state index contributed by atoms with van der Waals surface area (Å²) in [6.45, 7) is 4.22. The van der Waals surface area contributed by atoms with Crippen molar-refractivity contribution in [2.24, 2.45) is 0 Å². The van der Waals surface area contributed by atoms with Crippen LogP contribution in [0.5, 0.6) is 5.75 Å². The van der Waals surface area contributed by atoms with Gasteiger partial charge in [0, 0.05) is 0 Å². The Balaban J connectivity index is 0.000001000. The topological polar surface area (TPSA) is 23.1 Å². The van der Waals surface area contributed by atoms with Crippen LogP contribution in [0.15, 0.2) is 24.3 Å². The van der Waals surface area contributed by atoms with Crippen molar-refractivity contribution in [2.45, 2.75) is 19.8 Å². The van der Waals surface area contributed by atoms with Crippen LogP contribution in [0.2, 0.25) is 0 Å². The van der Waals surface area contributed by atoms with E-state index in [0.717, 1.165) is 0 Å². The maximum atomic E-state index is 10.6. The van der Waals surface area contributed by atoms with E-state index in [-0.39, 0.29) is 57.1 Å². The Morgan fingerprint density at radius 1 is 1.09 bits per heavy atom. The molecule has 0 aliphatic carbocycles. The van der Waals surface area contributed by atoms with Gasteiger partial charge in [0.05, 0.1) is 0 Å². The Hall–Kier alpha value is 0.656. The Morgan fingerprint density at radius 2 is 1.55 bits per heavy atom. The number of benzene rings is 1. The van der Waals surface area contributed by atoms with Crippen molar-refractivity contribution in [2.75, 3.05) is 0 Å². The maximum Gasteiger partial charge on any atom is 1.00 e. The van der Waals surface area contributed by atoms with E-state index in [2.05, 4.69) is 13.8 Å². The molecular weight excluding hydrogens is 163 g/mol. The predicted octanol–water partition coefficient (Wildman–Crippen LogP) is -1.11. The van der Waals surface area contributed by atoms with Crippen molar-refractivity contribution in [3.8, 4) is 5.75 Å². The van der Waals surface area contributed by atoms with Crippen molar-refractivity contribution in [3.05, 3.63) is 29.8 Å². The average molecular weight is 174 g/mol. The van der Waals surface area contributed by atoms with Gasteiger partial charge in [0.2, 0.25) is 0 Å². The molecule has 54 valence electrons. The Bertz CT molecular complexity index is 203. The van der Waals surface area contributed by atoms with Gasteiger partial charge in [-0.05, 0) is 11.5 Å². The fourth-order valence-corrected chi connectivity index (χ4v) is 0.853. The first kappa shape index (κ1) is 11.7. The van der Waals surface area contributed by atoms with Crippen LogP contribution >= 0.6 is 0 Å². The van der Waals surface area contributed by atoms with Gasteiger partial charge < -0.3 is 5.11 Å². The minimum Gasteiger partial charge on any atom is -0.872 e. The molecular formula is C9H11KO. The third kappa shape index (κ3) is 3.72. The molecule has 1 aromatic carbocycles. The van der Waals surface area contributed by atoms with Crippen LogP contribution in [0.25, 0.3) is 0 Å². The summed E-state index contributed by atoms with van der Waals surface area (Å²) in [7, 11) is 0. The zero-order valence-corrected chi connectivity index (χ0v) is 10.4. The van der Waals surface area contributed by atoms with E-state index >= 15 is 0 Å². The van der Waals surface area contributed by atoms with Crippen LogP contribution in [-0.4, -0.2) is 0 Å². The first-order valence-electron chi connectivity index (χ1n) is 3.47. The number of rotatable bonds is 1. The summed E-state index contributed by atoms with van der Waals surface area (Å²) in [5.74, 6) is 0.602. The predicted molar refractivity (Wildman–Crippen MR) is 40.0 cm³/mol. The molecule has 1 nitrogen and oxygen atoms in total. The number of hydrogen-bond acceptors (Lipinski definition) is 1. The molecule has 0 fully saturated rings. The summed E-state index contributed by atoms with van der Waals surface area (Å²) in [4.78, 5) is 0. The smallest absolute Gasteiger partial charge is 0.872 e. The van der Waals surface area contributed by atoms with Crippen molar-refractivity contribution < 1.29 is 56.5 Å². The van der Waals surface area contributed by atoms with Gasteiger partial charge in [-0.15, -0.1) is 5.75 Å². The van der Waals surface area contributed by atoms with Crippen LogP contribution in [-0.2, 0) is 0 Å². The quantitative estimate of drug-likeness (QED) is 0.495. The third-order valence-electron chi connectivity index (χ3n) is 1.55. The molecule has 0 spiro atoms. The van der Waals surface area contributed by atoms with Crippen molar-refractivity contribution in [1.29, 1.82) is 0 Å². The summed E-state index contributed by atoms with van der Waals surface area (Å²) in [5.41, 5.74) is 1.22. The molecule has 1 aromatic rings. The molecule has 0 aromatic heterocycles. The molecule has 0 unspecified atom stereocenters. The molecule has 0 N–H and O–H groups in total.